The SMILES string of the molecule is COCCOC(=O)C1=C(C)NC(=O)NC1c1ccc(-c2cccs2)cc1F. The first-order valence-electron chi connectivity index (χ1n) is 8.29. The van der Waals surface area contributed by atoms with Crippen LogP contribution in [0.1, 0.15) is 18.5 Å². The monoisotopic (exact) mass is 390 g/mol. The first-order valence-corrected chi connectivity index (χ1v) is 9.17. The molecule has 8 heteroatoms. The van der Waals surface area contributed by atoms with Crippen molar-refractivity contribution < 1.29 is 23.5 Å². The Labute approximate surface area is 160 Å². The number of allylic oxidation sites excluding steroid dienone is 1. The molecule has 3 rings (SSSR count). The molecule has 6 nitrogen and oxygen atoms in total. The summed E-state index contributed by atoms with van der Waals surface area (Å²) in [5.74, 6) is -1.15. The lowest BCUT2D eigenvalue weighted by molar-refractivity contribution is -0.140. The summed E-state index contributed by atoms with van der Waals surface area (Å²) in [7, 11) is 1.49. The van der Waals surface area contributed by atoms with Crippen LogP contribution in [-0.4, -0.2) is 32.3 Å². The highest BCUT2D eigenvalue weighted by Crippen LogP contribution is 2.32. The van der Waals surface area contributed by atoms with E-state index >= 15 is 0 Å². The van der Waals surface area contributed by atoms with Crippen molar-refractivity contribution in [2.24, 2.45) is 0 Å². The molecule has 1 unspecified atom stereocenters. The van der Waals surface area contributed by atoms with Crippen molar-refractivity contribution in [1.29, 1.82) is 0 Å². The van der Waals surface area contributed by atoms with Crippen molar-refractivity contribution in [3.05, 3.63) is 58.4 Å². The second-order valence-electron chi connectivity index (χ2n) is 5.91. The minimum absolute atomic E-state index is 0.0621. The van der Waals surface area contributed by atoms with Crippen LogP contribution in [0.25, 0.3) is 10.4 Å². The van der Waals surface area contributed by atoms with Crippen LogP contribution in [0.5, 0.6) is 0 Å². The van der Waals surface area contributed by atoms with Gasteiger partial charge in [0.1, 0.15) is 12.4 Å². The highest BCUT2D eigenvalue weighted by molar-refractivity contribution is 7.13. The molecule has 2 heterocycles. The normalized spacial score (nSPS) is 16.7. The third kappa shape index (κ3) is 4.17. The van der Waals surface area contributed by atoms with Crippen LogP contribution in [0.2, 0.25) is 0 Å². The predicted octanol–water partition coefficient (Wildman–Crippen LogP) is 3.37. The topological polar surface area (TPSA) is 76.7 Å². The van der Waals surface area contributed by atoms with E-state index in [0.29, 0.717) is 5.70 Å². The van der Waals surface area contributed by atoms with Crippen LogP contribution in [0, 0.1) is 5.82 Å². The minimum atomic E-state index is -0.939. The average molecular weight is 390 g/mol. The van der Waals surface area contributed by atoms with Crippen molar-refractivity contribution in [2.45, 2.75) is 13.0 Å². The molecule has 0 spiro atoms. The van der Waals surface area contributed by atoms with Gasteiger partial charge in [-0.1, -0.05) is 18.2 Å². The smallest absolute Gasteiger partial charge is 0.338 e. The molecule has 0 radical (unpaired) electrons. The van der Waals surface area contributed by atoms with Crippen molar-refractivity contribution in [3.63, 3.8) is 0 Å². The lowest BCUT2D eigenvalue weighted by Crippen LogP contribution is -2.45. The number of hydrogen-bond donors (Lipinski definition) is 2. The summed E-state index contributed by atoms with van der Waals surface area (Å²) in [5.41, 5.74) is 1.42. The lowest BCUT2D eigenvalue weighted by Gasteiger charge is -2.28. The number of nitrogens with one attached hydrogen (secondary N) is 2. The van der Waals surface area contributed by atoms with Gasteiger partial charge in [0.15, 0.2) is 0 Å². The fraction of sp³-hybridized carbons (Fsp3) is 0.263. The second kappa shape index (κ2) is 8.32. The molecule has 1 aromatic carbocycles. The first kappa shape index (κ1) is 19.1. The summed E-state index contributed by atoms with van der Waals surface area (Å²) in [5, 5.41) is 7.04. The van der Waals surface area contributed by atoms with E-state index in [1.807, 2.05) is 17.5 Å². The Morgan fingerprint density at radius 3 is 2.78 bits per heavy atom. The van der Waals surface area contributed by atoms with Gasteiger partial charge in [-0.25, -0.2) is 14.0 Å². The number of esters is 1. The van der Waals surface area contributed by atoms with E-state index in [4.69, 9.17) is 9.47 Å². The van der Waals surface area contributed by atoms with Crippen LogP contribution < -0.4 is 10.6 Å². The lowest BCUT2D eigenvalue weighted by atomic mass is 9.94. The van der Waals surface area contributed by atoms with Gasteiger partial charge in [0.25, 0.3) is 0 Å². The molecule has 1 aliphatic rings. The molecule has 142 valence electrons. The number of carbonyl (C=O) groups excluding carboxylic acids is 2. The van der Waals surface area contributed by atoms with Gasteiger partial charge in [-0.3, -0.25) is 0 Å². The Morgan fingerprint density at radius 1 is 1.30 bits per heavy atom. The molecule has 0 aliphatic carbocycles. The molecule has 0 saturated heterocycles. The molecule has 2 N–H and O–H groups in total. The number of urea groups is 1. The van der Waals surface area contributed by atoms with E-state index in [1.165, 1.54) is 24.5 Å². The predicted molar refractivity (Wildman–Crippen MR) is 99.7 cm³/mol. The third-order valence-corrected chi connectivity index (χ3v) is 5.05. The number of hydrogen-bond acceptors (Lipinski definition) is 5. The second-order valence-corrected chi connectivity index (χ2v) is 6.86. The summed E-state index contributed by atoms with van der Waals surface area (Å²) in [4.78, 5) is 25.3. The number of halogens is 1. The maximum absolute atomic E-state index is 14.9. The van der Waals surface area contributed by atoms with E-state index in [9.17, 15) is 14.0 Å². The number of amides is 2. The number of rotatable bonds is 6. The van der Waals surface area contributed by atoms with E-state index in [1.54, 1.807) is 19.1 Å². The molecular formula is C19H19FN2O4S. The molecule has 27 heavy (non-hydrogen) atoms. The summed E-state index contributed by atoms with van der Waals surface area (Å²) in [6.45, 7) is 1.88. The van der Waals surface area contributed by atoms with Gasteiger partial charge in [-0.05, 0) is 30.0 Å². The summed E-state index contributed by atoms with van der Waals surface area (Å²) < 4.78 is 24.9. The van der Waals surface area contributed by atoms with Crippen molar-refractivity contribution in [2.75, 3.05) is 20.3 Å². The number of ether oxygens (including phenoxy) is 2. The Kier molecular flexibility index (Phi) is 5.88. The zero-order valence-electron chi connectivity index (χ0n) is 14.9. The van der Waals surface area contributed by atoms with E-state index in [0.717, 1.165) is 10.4 Å². The van der Waals surface area contributed by atoms with Crippen LogP contribution in [-0.2, 0) is 14.3 Å². The zero-order valence-corrected chi connectivity index (χ0v) is 15.7. The van der Waals surface area contributed by atoms with Crippen molar-refractivity contribution in [3.8, 4) is 10.4 Å². The molecule has 2 aromatic rings. The Balaban J connectivity index is 1.93. The highest BCUT2D eigenvalue weighted by Gasteiger charge is 2.33. The van der Waals surface area contributed by atoms with Crippen LogP contribution in [0.15, 0.2) is 47.0 Å². The maximum atomic E-state index is 14.9. The summed E-state index contributed by atoms with van der Waals surface area (Å²) in [6.07, 6.45) is 0. The van der Waals surface area contributed by atoms with E-state index in [2.05, 4.69) is 10.6 Å². The molecule has 1 aromatic heterocycles. The molecular weight excluding hydrogens is 371 g/mol. The van der Waals surface area contributed by atoms with Gasteiger partial charge in [-0.2, -0.15) is 0 Å². The molecule has 2 amide bonds. The molecule has 0 fully saturated rings. The standard InChI is InChI=1S/C19H19FN2O4S/c1-11-16(18(23)26-8-7-25-2)17(22-19(24)21-11)13-6-5-12(10-14(13)20)15-4-3-9-27-15/h3-6,9-10,17H,7-8H2,1-2H3,(H2,21,22,24). The van der Waals surface area contributed by atoms with Crippen LogP contribution in [0.3, 0.4) is 0 Å². The van der Waals surface area contributed by atoms with Crippen LogP contribution in [0.4, 0.5) is 9.18 Å². The number of methoxy groups -OCH3 is 1. The van der Waals surface area contributed by atoms with Gasteiger partial charge >= 0.3 is 12.0 Å². The Morgan fingerprint density at radius 2 is 2.11 bits per heavy atom. The number of thiophene rings is 1. The van der Waals surface area contributed by atoms with Gasteiger partial charge in [-0.15, -0.1) is 11.3 Å². The largest absolute Gasteiger partial charge is 0.460 e. The average Bonchev–Trinajstić information content (AvgIpc) is 3.15. The maximum Gasteiger partial charge on any atom is 0.338 e. The molecule has 1 aliphatic heterocycles. The van der Waals surface area contributed by atoms with Gasteiger partial charge in [0.2, 0.25) is 0 Å². The zero-order chi connectivity index (χ0) is 19.4. The quantitative estimate of drug-likeness (QED) is 0.586. The molecule has 1 atom stereocenters. The number of carbonyl (C=O) groups is 2. The van der Waals surface area contributed by atoms with E-state index in [-0.39, 0.29) is 24.4 Å². The summed E-state index contributed by atoms with van der Waals surface area (Å²) >= 11 is 1.50. The highest BCUT2D eigenvalue weighted by atomic mass is 32.1. The molecule has 0 saturated carbocycles. The third-order valence-electron chi connectivity index (χ3n) is 4.13. The first-order chi connectivity index (χ1) is 13.0. The van der Waals surface area contributed by atoms with E-state index < -0.39 is 23.9 Å². The fourth-order valence-electron chi connectivity index (χ4n) is 2.85. The van der Waals surface area contributed by atoms with Crippen molar-refractivity contribution in [1.82, 2.24) is 10.6 Å². The Hall–Kier alpha value is -2.71. The van der Waals surface area contributed by atoms with Crippen LogP contribution >= 0.6 is 11.3 Å². The minimum Gasteiger partial charge on any atom is -0.460 e. The van der Waals surface area contributed by atoms with Gasteiger partial charge in [0.05, 0.1) is 18.2 Å². The van der Waals surface area contributed by atoms with Gasteiger partial charge in [0, 0.05) is 23.2 Å². The van der Waals surface area contributed by atoms with Crippen molar-refractivity contribution >= 4 is 23.3 Å². The van der Waals surface area contributed by atoms with Gasteiger partial charge < -0.3 is 20.1 Å². The molecule has 0 bridgehead atoms. The summed E-state index contributed by atoms with van der Waals surface area (Å²) in [6, 6.07) is 7.09. The fourth-order valence-corrected chi connectivity index (χ4v) is 3.57. The Bertz CT molecular complexity index is 880. The number of benzene rings is 1.